The Kier molecular flexibility index (Phi) is 9.20. The van der Waals surface area contributed by atoms with Gasteiger partial charge in [-0.1, -0.05) is 66.2 Å². The predicted octanol–water partition coefficient (Wildman–Crippen LogP) is 4.45. The molecule has 2 amide bonds. The molecule has 0 aromatic heterocycles. The lowest BCUT2D eigenvalue weighted by atomic mass is 10.1. The maximum atomic E-state index is 13.4. The van der Waals surface area contributed by atoms with Gasteiger partial charge in [-0.15, -0.1) is 0 Å². The average molecular weight is 554 g/mol. The Morgan fingerprint density at radius 3 is 2.18 bits per heavy atom. The van der Waals surface area contributed by atoms with Crippen LogP contribution >= 0.6 is 11.6 Å². The summed E-state index contributed by atoms with van der Waals surface area (Å²) in [6.45, 7) is 2.36. The van der Waals surface area contributed by atoms with Gasteiger partial charge in [-0.3, -0.25) is 9.59 Å². The zero-order chi connectivity index (χ0) is 27.1. The van der Waals surface area contributed by atoms with Crippen LogP contribution in [0.4, 0.5) is 0 Å². The first-order valence-electron chi connectivity index (χ1n) is 12.7. The van der Waals surface area contributed by atoms with Crippen molar-refractivity contribution in [3.05, 3.63) is 101 Å². The van der Waals surface area contributed by atoms with E-state index >= 15 is 0 Å². The highest BCUT2D eigenvalue weighted by atomic mass is 35.5. The van der Waals surface area contributed by atoms with E-state index in [1.54, 1.807) is 48.2 Å². The number of carbonyl (C=O) groups excluding carboxylic acids is 2. The van der Waals surface area contributed by atoms with Crippen molar-refractivity contribution in [1.82, 2.24) is 14.9 Å². The van der Waals surface area contributed by atoms with Crippen molar-refractivity contribution in [2.75, 3.05) is 0 Å². The summed E-state index contributed by atoms with van der Waals surface area (Å²) in [5, 5.41) is 3.52. The Bertz CT molecular complexity index is 1340. The minimum absolute atomic E-state index is 0.0378. The van der Waals surface area contributed by atoms with Gasteiger partial charge in [-0.25, -0.2) is 13.1 Å². The van der Waals surface area contributed by atoms with Gasteiger partial charge in [-0.2, -0.15) is 0 Å². The van der Waals surface area contributed by atoms with Crippen LogP contribution in [0.5, 0.6) is 0 Å². The average Bonchev–Trinajstić information content (AvgIpc) is 3.74. The van der Waals surface area contributed by atoms with Gasteiger partial charge in [-0.05, 0) is 67.1 Å². The third-order valence-electron chi connectivity index (χ3n) is 6.50. The highest BCUT2D eigenvalue weighted by Crippen LogP contribution is 2.22. The highest BCUT2D eigenvalue weighted by molar-refractivity contribution is 7.89. The van der Waals surface area contributed by atoms with Gasteiger partial charge < -0.3 is 10.2 Å². The van der Waals surface area contributed by atoms with Gasteiger partial charge in [0.15, 0.2) is 0 Å². The van der Waals surface area contributed by atoms with Crippen LogP contribution in [-0.4, -0.2) is 37.2 Å². The van der Waals surface area contributed by atoms with E-state index in [9.17, 15) is 18.0 Å². The molecule has 1 atom stereocenters. The normalized spacial score (nSPS) is 14.1. The Labute approximate surface area is 229 Å². The molecule has 0 saturated heterocycles. The van der Waals surface area contributed by atoms with Crippen LogP contribution in [0, 0.1) is 0 Å². The fraction of sp³-hybridized carbons (Fsp3) is 0.310. The second kappa shape index (κ2) is 12.6. The quantitative estimate of drug-likeness (QED) is 0.346. The first-order valence-corrected chi connectivity index (χ1v) is 14.5. The molecule has 4 rings (SSSR count). The van der Waals surface area contributed by atoms with Crippen molar-refractivity contribution < 1.29 is 18.0 Å². The monoisotopic (exact) mass is 553 g/mol. The van der Waals surface area contributed by atoms with Crippen LogP contribution < -0.4 is 10.0 Å². The second-order valence-electron chi connectivity index (χ2n) is 9.57. The van der Waals surface area contributed by atoms with E-state index in [2.05, 4.69) is 10.0 Å². The number of aryl methyl sites for hydroxylation is 1. The van der Waals surface area contributed by atoms with Crippen LogP contribution in [-0.2, 0) is 39.1 Å². The molecule has 7 nitrogen and oxygen atoms in total. The maximum absolute atomic E-state index is 13.4. The molecular weight excluding hydrogens is 522 g/mol. The molecule has 0 unspecified atom stereocenters. The number of hydrogen-bond donors (Lipinski definition) is 2. The van der Waals surface area contributed by atoms with Crippen molar-refractivity contribution in [1.29, 1.82) is 0 Å². The summed E-state index contributed by atoms with van der Waals surface area (Å²) in [6.07, 6.45) is 2.34. The Hall–Kier alpha value is -3.20. The molecule has 200 valence electrons. The van der Waals surface area contributed by atoms with E-state index in [1.807, 2.05) is 42.5 Å². The van der Waals surface area contributed by atoms with Gasteiger partial charge in [0, 0.05) is 30.6 Å². The predicted molar refractivity (Wildman–Crippen MR) is 148 cm³/mol. The number of hydrogen-bond acceptors (Lipinski definition) is 4. The van der Waals surface area contributed by atoms with E-state index in [4.69, 9.17) is 11.6 Å². The third-order valence-corrected chi connectivity index (χ3v) is 8.29. The largest absolute Gasteiger partial charge is 0.350 e. The highest BCUT2D eigenvalue weighted by Gasteiger charge is 2.28. The Morgan fingerprint density at radius 1 is 0.921 bits per heavy atom. The van der Waals surface area contributed by atoms with Crippen LogP contribution in [0.1, 0.15) is 42.9 Å². The summed E-state index contributed by atoms with van der Waals surface area (Å²) in [4.78, 5) is 28.2. The first kappa shape index (κ1) is 27.8. The molecule has 0 heterocycles. The number of benzene rings is 3. The fourth-order valence-corrected chi connectivity index (χ4v) is 5.45. The first-order chi connectivity index (χ1) is 18.2. The molecule has 0 bridgehead atoms. The summed E-state index contributed by atoms with van der Waals surface area (Å²) in [5.41, 5.74) is 2.68. The van der Waals surface area contributed by atoms with Gasteiger partial charge in [0.1, 0.15) is 6.04 Å². The molecule has 38 heavy (non-hydrogen) atoms. The SMILES string of the molecule is C[C@@H](C(=O)NCc1ccccc1)N(Cc1ccc(Cl)cc1)C(=O)CCc1ccc(S(=O)(=O)NC2CC2)cc1. The topological polar surface area (TPSA) is 95.6 Å². The van der Waals surface area contributed by atoms with Gasteiger partial charge in [0.25, 0.3) is 0 Å². The van der Waals surface area contributed by atoms with Gasteiger partial charge in [0.2, 0.25) is 21.8 Å². The molecule has 9 heteroatoms. The number of nitrogens with one attached hydrogen (secondary N) is 2. The van der Waals surface area contributed by atoms with Crippen LogP contribution in [0.25, 0.3) is 0 Å². The van der Waals surface area contributed by atoms with Crippen LogP contribution in [0.15, 0.2) is 83.8 Å². The summed E-state index contributed by atoms with van der Waals surface area (Å²) in [5.74, 6) is -0.414. The molecule has 0 radical (unpaired) electrons. The van der Waals surface area contributed by atoms with Crippen molar-refractivity contribution in [2.24, 2.45) is 0 Å². The minimum atomic E-state index is -3.52. The number of carbonyl (C=O) groups is 2. The number of amides is 2. The van der Waals surface area contributed by atoms with E-state index < -0.39 is 16.1 Å². The molecule has 1 aliphatic rings. The lowest BCUT2D eigenvalue weighted by Crippen LogP contribution is -2.47. The zero-order valence-electron chi connectivity index (χ0n) is 21.3. The Morgan fingerprint density at radius 2 is 1.55 bits per heavy atom. The van der Waals surface area contributed by atoms with Crippen molar-refractivity contribution >= 4 is 33.4 Å². The molecule has 1 aliphatic carbocycles. The summed E-state index contributed by atoms with van der Waals surface area (Å²) < 4.78 is 27.5. The number of halogens is 1. The number of sulfonamides is 1. The summed E-state index contributed by atoms with van der Waals surface area (Å²) in [6, 6.07) is 22.7. The van der Waals surface area contributed by atoms with E-state index in [0.717, 1.165) is 29.5 Å². The van der Waals surface area contributed by atoms with Crippen molar-refractivity contribution in [3.63, 3.8) is 0 Å². The standard InChI is InChI=1S/C29H32ClN3O4S/c1-21(29(35)31-19-23-5-3-2-4-6-23)33(20-24-7-12-25(30)13-8-24)28(34)18-11-22-9-16-27(17-10-22)38(36,37)32-26-14-15-26/h2-10,12-13,16-17,21,26,32H,11,14-15,18-20H2,1H3,(H,31,35)/t21-/m0/s1. The van der Waals surface area contributed by atoms with Crippen LogP contribution in [0.3, 0.4) is 0 Å². The van der Waals surface area contributed by atoms with Crippen molar-refractivity contribution in [2.45, 2.75) is 62.7 Å². The van der Waals surface area contributed by atoms with E-state index in [0.29, 0.717) is 18.0 Å². The summed E-state index contributed by atoms with van der Waals surface area (Å²) >= 11 is 6.02. The van der Waals surface area contributed by atoms with Gasteiger partial charge in [0.05, 0.1) is 4.90 Å². The van der Waals surface area contributed by atoms with Gasteiger partial charge >= 0.3 is 0 Å². The lowest BCUT2D eigenvalue weighted by molar-refractivity contribution is -0.140. The maximum Gasteiger partial charge on any atom is 0.242 e. The smallest absolute Gasteiger partial charge is 0.242 e. The summed E-state index contributed by atoms with van der Waals surface area (Å²) in [7, 11) is -3.52. The molecule has 2 N–H and O–H groups in total. The molecule has 0 spiro atoms. The molecular formula is C29H32ClN3O4S. The molecule has 1 saturated carbocycles. The fourth-order valence-electron chi connectivity index (χ4n) is 4.02. The van der Waals surface area contributed by atoms with E-state index in [1.165, 1.54) is 0 Å². The van der Waals surface area contributed by atoms with Crippen molar-refractivity contribution in [3.8, 4) is 0 Å². The minimum Gasteiger partial charge on any atom is -0.350 e. The lowest BCUT2D eigenvalue weighted by Gasteiger charge is -2.29. The number of rotatable bonds is 12. The van der Waals surface area contributed by atoms with E-state index in [-0.39, 0.29) is 35.7 Å². The Balaban J connectivity index is 1.41. The third kappa shape index (κ3) is 7.90. The molecule has 1 fully saturated rings. The molecule has 3 aromatic carbocycles. The molecule has 3 aromatic rings. The second-order valence-corrected chi connectivity index (χ2v) is 11.7. The zero-order valence-corrected chi connectivity index (χ0v) is 22.8. The number of nitrogens with zero attached hydrogens (tertiary/aromatic N) is 1. The van der Waals surface area contributed by atoms with Crippen LogP contribution in [0.2, 0.25) is 5.02 Å². The molecule has 0 aliphatic heterocycles.